The number of nitrogens with two attached hydrogens (primary N) is 1. The smallest absolute Gasteiger partial charge is 0.251 e. The van der Waals surface area contributed by atoms with Crippen molar-refractivity contribution in [3.8, 4) is 0 Å². The maximum absolute atomic E-state index is 12.4. The van der Waals surface area contributed by atoms with Crippen LogP contribution in [-0.4, -0.2) is 68.8 Å². The van der Waals surface area contributed by atoms with Gasteiger partial charge in [0.2, 0.25) is 9.84 Å². The predicted molar refractivity (Wildman–Crippen MR) is 97.9 cm³/mol. The van der Waals surface area contributed by atoms with Crippen LogP contribution in [0.5, 0.6) is 0 Å². The van der Waals surface area contributed by atoms with Crippen LogP contribution in [0.4, 0.5) is 5.82 Å². The highest BCUT2D eigenvalue weighted by molar-refractivity contribution is 7.91. The fourth-order valence-electron chi connectivity index (χ4n) is 4.03. The fourth-order valence-corrected chi connectivity index (χ4v) is 5.21. The Labute approximate surface area is 162 Å². The summed E-state index contributed by atoms with van der Waals surface area (Å²) in [4.78, 5) is 8.15. The summed E-state index contributed by atoms with van der Waals surface area (Å²) < 4.78 is 38.4. The van der Waals surface area contributed by atoms with Gasteiger partial charge in [0.15, 0.2) is 22.8 Å². The number of aromatic nitrogens is 5. The molecule has 11 nitrogen and oxygen atoms in total. The minimum absolute atomic E-state index is 0.0388. The number of nitrogens with zero attached hydrogens (tertiary/aromatic N) is 5. The standard InChI is InChI=1S/C16H24N6O5S/c1-4-5-28(24,25)15-18-13(17)10-14(19-15)22(21-20-10)9-6-8(7-23)11-12(9)27-16(2,3)26-11/h8-9,11-12,23H,4-7H2,1-3H3,(H2,17,18,19)/t8-,9?,11-,12+/m1/s1. The molecule has 3 N–H and O–H groups in total. The Morgan fingerprint density at radius 2 is 2.00 bits per heavy atom. The second-order valence-corrected chi connectivity index (χ2v) is 9.73. The second kappa shape index (κ2) is 6.58. The Morgan fingerprint density at radius 1 is 1.29 bits per heavy atom. The van der Waals surface area contributed by atoms with Gasteiger partial charge in [-0.2, -0.15) is 9.97 Å². The first-order chi connectivity index (χ1) is 13.2. The summed E-state index contributed by atoms with van der Waals surface area (Å²) in [5.74, 6) is -1.05. The first-order valence-corrected chi connectivity index (χ1v) is 10.9. The van der Waals surface area contributed by atoms with Gasteiger partial charge in [0.1, 0.15) is 6.10 Å². The number of aliphatic hydroxyl groups excluding tert-OH is 1. The molecule has 2 fully saturated rings. The molecule has 0 amide bonds. The van der Waals surface area contributed by atoms with Crippen LogP contribution < -0.4 is 5.73 Å². The summed E-state index contributed by atoms with van der Waals surface area (Å²) in [7, 11) is -3.66. The highest BCUT2D eigenvalue weighted by atomic mass is 32.2. The van der Waals surface area contributed by atoms with E-state index < -0.39 is 15.6 Å². The van der Waals surface area contributed by atoms with Gasteiger partial charge >= 0.3 is 0 Å². The third kappa shape index (κ3) is 3.04. The number of anilines is 1. The Kier molecular flexibility index (Phi) is 4.56. The van der Waals surface area contributed by atoms with Crippen LogP contribution in [0, 0.1) is 5.92 Å². The quantitative estimate of drug-likeness (QED) is 0.644. The van der Waals surface area contributed by atoms with E-state index >= 15 is 0 Å². The third-order valence-electron chi connectivity index (χ3n) is 5.18. The first kappa shape index (κ1) is 19.4. The van der Waals surface area contributed by atoms with Crippen LogP contribution in [-0.2, 0) is 19.3 Å². The molecule has 28 heavy (non-hydrogen) atoms. The molecule has 1 saturated heterocycles. The molecular formula is C16H24N6O5S. The van der Waals surface area contributed by atoms with Crippen molar-refractivity contribution in [2.45, 2.75) is 62.8 Å². The van der Waals surface area contributed by atoms with Gasteiger partial charge in [-0.15, -0.1) is 5.10 Å². The Bertz CT molecular complexity index is 1010. The number of nitrogen functional groups attached to an aromatic ring is 1. The molecule has 3 heterocycles. The molecule has 2 aromatic rings. The zero-order valence-corrected chi connectivity index (χ0v) is 16.8. The second-order valence-electron chi connectivity index (χ2n) is 7.73. The molecule has 1 saturated carbocycles. The molecule has 0 spiro atoms. The summed E-state index contributed by atoms with van der Waals surface area (Å²) in [6.07, 6.45) is 0.295. The van der Waals surface area contributed by atoms with Crippen LogP contribution in [0.1, 0.15) is 39.7 Å². The van der Waals surface area contributed by atoms with Crippen LogP contribution in [0.2, 0.25) is 0 Å². The molecule has 1 aliphatic heterocycles. The zero-order chi connectivity index (χ0) is 20.3. The van der Waals surface area contributed by atoms with Gasteiger partial charge in [-0.3, -0.25) is 0 Å². The molecule has 0 radical (unpaired) electrons. The number of ether oxygens (including phenoxy) is 2. The van der Waals surface area contributed by atoms with E-state index in [1.165, 1.54) is 4.68 Å². The minimum atomic E-state index is -3.66. The average molecular weight is 412 g/mol. The van der Waals surface area contributed by atoms with E-state index in [2.05, 4.69) is 20.3 Å². The van der Waals surface area contributed by atoms with Crippen molar-refractivity contribution in [2.75, 3.05) is 18.1 Å². The molecule has 0 bridgehead atoms. The van der Waals surface area contributed by atoms with Gasteiger partial charge < -0.3 is 20.3 Å². The molecule has 154 valence electrons. The summed E-state index contributed by atoms with van der Waals surface area (Å²) >= 11 is 0. The Balaban J connectivity index is 1.80. The summed E-state index contributed by atoms with van der Waals surface area (Å²) in [5, 5.41) is 17.6. The summed E-state index contributed by atoms with van der Waals surface area (Å²) in [6.45, 7) is 5.33. The normalized spacial score (nSPS) is 29.4. The average Bonchev–Trinajstić information content (AvgIpc) is 3.25. The molecular weight excluding hydrogens is 388 g/mol. The lowest BCUT2D eigenvalue weighted by Crippen LogP contribution is -2.28. The number of hydrogen-bond acceptors (Lipinski definition) is 10. The van der Waals surface area contributed by atoms with Crippen LogP contribution in [0.25, 0.3) is 11.2 Å². The van der Waals surface area contributed by atoms with E-state index in [9.17, 15) is 13.5 Å². The van der Waals surface area contributed by atoms with Crippen molar-refractivity contribution in [3.05, 3.63) is 0 Å². The maximum Gasteiger partial charge on any atom is 0.251 e. The van der Waals surface area contributed by atoms with Gasteiger partial charge in [0, 0.05) is 12.5 Å². The van der Waals surface area contributed by atoms with Crippen molar-refractivity contribution in [2.24, 2.45) is 5.92 Å². The monoisotopic (exact) mass is 412 g/mol. The van der Waals surface area contributed by atoms with E-state index in [1.54, 1.807) is 6.92 Å². The lowest BCUT2D eigenvalue weighted by atomic mass is 10.1. The van der Waals surface area contributed by atoms with Gasteiger partial charge in [0.25, 0.3) is 5.16 Å². The third-order valence-corrected chi connectivity index (χ3v) is 6.87. The van der Waals surface area contributed by atoms with E-state index in [0.29, 0.717) is 12.8 Å². The van der Waals surface area contributed by atoms with Crippen molar-refractivity contribution in [1.82, 2.24) is 25.0 Å². The largest absolute Gasteiger partial charge is 0.396 e. The lowest BCUT2D eigenvalue weighted by molar-refractivity contribution is -0.162. The number of fused-ring (bicyclic) bond motifs is 2. The fraction of sp³-hybridized carbons (Fsp3) is 0.750. The summed E-state index contributed by atoms with van der Waals surface area (Å²) in [6, 6.07) is -0.329. The van der Waals surface area contributed by atoms with Crippen molar-refractivity contribution >= 4 is 26.8 Å². The molecule has 2 aliphatic rings. The van der Waals surface area contributed by atoms with Gasteiger partial charge in [-0.1, -0.05) is 12.1 Å². The van der Waals surface area contributed by atoms with Crippen LogP contribution in [0.3, 0.4) is 0 Å². The molecule has 2 aromatic heterocycles. The lowest BCUT2D eigenvalue weighted by Gasteiger charge is -2.23. The number of rotatable bonds is 5. The highest BCUT2D eigenvalue weighted by Gasteiger charge is 2.55. The molecule has 4 rings (SSSR count). The van der Waals surface area contributed by atoms with Gasteiger partial charge in [-0.05, 0) is 26.7 Å². The van der Waals surface area contributed by atoms with Crippen molar-refractivity contribution < 1.29 is 23.0 Å². The first-order valence-electron chi connectivity index (χ1n) is 9.24. The molecule has 1 aliphatic carbocycles. The molecule has 0 aromatic carbocycles. The van der Waals surface area contributed by atoms with Gasteiger partial charge in [-0.25, -0.2) is 13.1 Å². The van der Waals surface area contributed by atoms with E-state index in [-0.39, 0.29) is 58.7 Å². The van der Waals surface area contributed by atoms with Gasteiger partial charge in [0.05, 0.1) is 17.9 Å². The molecule has 1 unspecified atom stereocenters. The zero-order valence-electron chi connectivity index (χ0n) is 15.9. The van der Waals surface area contributed by atoms with Crippen LogP contribution in [0.15, 0.2) is 5.16 Å². The van der Waals surface area contributed by atoms with Crippen molar-refractivity contribution in [1.29, 1.82) is 0 Å². The minimum Gasteiger partial charge on any atom is -0.396 e. The Morgan fingerprint density at radius 3 is 2.68 bits per heavy atom. The predicted octanol–water partition coefficient (Wildman–Crippen LogP) is 0.0606. The van der Waals surface area contributed by atoms with E-state index in [1.807, 2.05) is 13.8 Å². The Hall–Kier alpha value is -1.89. The van der Waals surface area contributed by atoms with E-state index in [4.69, 9.17) is 15.2 Å². The number of hydrogen-bond donors (Lipinski definition) is 2. The van der Waals surface area contributed by atoms with Crippen molar-refractivity contribution in [3.63, 3.8) is 0 Å². The highest BCUT2D eigenvalue weighted by Crippen LogP contribution is 2.47. The maximum atomic E-state index is 12.4. The van der Waals surface area contributed by atoms with E-state index in [0.717, 1.165) is 0 Å². The topological polar surface area (TPSA) is 155 Å². The molecule has 4 atom stereocenters. The summed E-state index contributed by atoms with van der Waals surface area (Å²) in [5.41, 5.74) is 6.41. The van der Waals surface area contributed by atoms with Crippen LogP contribution >= 0.6 is 0 Å². The number of aliphatic hydroxyl groups is 1. The molecule has 12 heteroatoms. The number of sulfone groups is 1. The SMILES string of the molecule is CCCS(=O)(=O)c1nc(N)c2nnn(C3C[C@H](CO)[C@H]4OC(C)(C)O[C@@H]34)c2n1.